The second kappa shape index (κ2) is 3.11. The zero-order valence-electron chi connectivity index (χ0n) is 6.87. The Morgan fingerprint density at radius 1 is 1.42 bits per heavy atom. The van der Waals surface area contributed by atoms with Gasteiger partial charge in [0, 0.05) is 9.60 Å². The monoisotopic (exact) mass is 194 g/mol. The molecule has 1 heterocycles. The second-order valence-corrected chi connectivity index (χ2v) is 4.22. The highest BCUT2D eigenvalue weighted by atomic mass is 32.1. The van der Waals surface area contributed by atoms with Crippen molar-refractivity contribution in [2.24, 2.45) is 0 Å². The first-order valence-electron chi connectivity index (χ1n) is 4.00. The zero-order chi connectivity index (χ0) is 8.55. The fourth-order valence-corrected chi connectivity index (χ4v) is 2.57. The maximum Gasteiger partial charge on any atom is 0.0346 e. The van der Waals surface area contributed by atoms with Gasteiger partial charge in [0.2, 0.25) is 0 Å². The summed E-state index contributed by atoms with van der Waals surface area (Å²) in [6.45, 7) is 2.19. The molecule has 0 amide bonds. The lowest BCUT2D eigenvalue weighted by atomic mass is 10.1. The van der Waals surface area contributed by atoms with E-state index in [1.165, 1.54) is 15.6 Å². The van der Waals surface area contributed by atoms with Gasteiger partial charge in [0.1, 0.15) is 0 Å². The smallest absolute Gasteiger partial charge is 0.0346 e. The predicted molar refractivity (Wildman–Crippen MR) is 58.5 cm³/mol. The fourth-order valence-electron chi connectivity index (χ4n) is 1.34. The zero-order valence-corrected chi connectivity index (χ0v) is 8.58. The van der Waals surface area contributed by atoms with E-state index < -0.39 is 0 Å². The fraction of sp³-hybridized carbons (Fsp3) is 0.200. The van der Waals surface area contributed by atoms with Crippen molar-refractivity contribution in [2.45, 2.75) is 18.2 Å². The molecular weight excluding hydrogens is 184 g/mol. The van der Waals surface area contributed by atoms with Crippen LogP contribution < -0.4 is 0 Å². The number of hydrogen-bond donors (Lipinski definition) is 1. The molecule has 1 aromatic carbocycles. The van der Waals surface area contributed by atoms with Crippen molar-refractivity contribution in [2.75, 3.05) is 0 Å². The number of fused-ring (bicyclic) bond motifs is 1. The number of benzene rings is 1. The van der Waals surface area contributed by atoms with Crippen LogP contribution in [0.4, 0.5) is 0 Å². The van der Waals surface area contributed by atoms with Crippen LogP contribution in [0, 0.1) is 0 Å². The quantitative estimate of drug-likeness (QED) is 0.657. The van der Waals surface area contributed by atoms with Gasteiger partial charge in [-0.25, -0.2) is 0 Å². The molecule has 12 heavy (non-hydrogen) atoms. The van der Waals surface area contributed by atoms with E-state index >= 15 is 0 Å². The van der Waals surface area contributed by atoms with E-state index in [9.17, 15) is 0 Å². The van der Waals surface area contributed by atoms with Gasteiger partial charge in [0.15, 0.2) is 0 Å². The van der Waals surface area contributed by atoms with Gasteiger partial charge in [0.25, 0.3) is 0 Å². The van der Waals surface area contributed by atoms with Crippen LogP contribution in [-0.2, 0) is 6.42 Å². The normalized spacial score (nSPS) is 10.8. The number of rotatable bonds is 1. The van der Waals surface area contributed by atoms with Crippen molar-refractivity contribution in [3.63, 3.8) is 0 Å². The number of thiol groups is 1. The maximum atomic E-state index is 4.33. The second-order valence-electron chi connectivity index (χ2n) is 2.79. The van der Waals surface area contributed by atoms with E-state index in [1.807, 2.05) is 17.4 Å². The van der Waals surface area contributed by atoms with Gasteiger partial charge in [-0.1, -0.05) is 6.92 Å². The minimum absolute atomic E-state index is 1.05. The van der Waals surface area contributed by atoms with Crippen molar-refractivity contribution < 1.29 is 0 Å². The Morgan fingerprint density at radius 3 is 3.00 bits per heavy atom. The molecule has 0 bridgehead atoms. The van der Waals surface area contributed by atoms with Gasteiger partial charge in [-0.15, -0.1) is 24.0 Å². The Kier molecular flexibility index (Phi) is 2.11. The van der Waals surface area contributed by atoms with E-state index in [2.05, 4.69) is 37.1 Å². The predicted octanol–water partition coefficient (Wildman–Crippen LogP) is 3.75. The molecule has 0 unspecified atom stereocenters. The van der Waals surface area contributed by atoms with Crippen molar-refractivity contribution in [1.82, 2.24) is 0 Å². The molecule has 0 saturated carbocycles. The highest BCUT2D eigenvalue weighted by Gasteiger charge is 2.01. The minimum atomic E-state index is 1.05. The molecule has 0 aliphatic carbocycles. The first-order chi connectivity index (χ1) is 5.81. The third kappa shape index (κ3) is 1.25. The summed E-state index contributed by atoms with van der Waals surface area (Å²) in [6.07, 6.45) is 1.11. The van der Waals surface area contributed by atoms with E-state index in [-0.39, 0.29) is 0 Å². The van der Waals surface area contributed by atoms with Crippen LogP contribution in [0.25, 0.3) is 10.1 Å². The number of hydrogen-bond acceptors (Lipinski definition) is 2. The molecule has 0 spiro atoms. The van der Waals surface area contributed by atoms with E-state index in [0.717, 1.165) is 11.3 Å². The molecule has 1 aromatic heterocycles. The van der Waals surface area contributed by atoms with Crippen molar-refractivity contribution >= 4 is 34.1 Å². The van der Waals surface area contributed by atoms with Crippen molar-refractivity contribution in [3.05, 3.63) is 29.1 Å². The summed E-state index contributed by atoms with van der Waals surface area (Å²) in [5.74, 6) is 0. The number of aryl methyl sites for hydroxylation is 1. The molecule has 0 aliphatic rings. The summed E-state index contributed by atoms with van der Waals surface area (Å²) in [5.41, 5.74) is 1.44. The van der Waals surface area contributed by atoms with Gasteiger partial charge < -0.3 is 0 Å². The minimum Gasteiger partial charge on any atom is -0.144 e. The van der Waals surface area contributed by atoms with E-state index in [4.69, 9.17) is 0 Å². The van der Waals surface area contributed by atoms with Crippen LogP contribution in [0.15, 0.2) is 28.5 Å². The molecule has 62 valence electrons. The lowest BCUT2D eigenvalue weighted by Gasteiger charge is -1.94. The Hall–Kier alpha value is -0.470. The molecule has 0 aliphatic heterocycles. The molecule has 0 N–H and O–H groups in total. The van der Waals surface area contributed by atoms with Crippen LogP contribution in [0.3, 0.4) is 0 Å². The Labute approximate surface area is 81.6 Å². The summed E-state index contributed by atoms with van der Waals surface area (Å²) in [5, 5.41) is 3.60. The summed E-state index contributed by atoms with van der Waals surface area (Å²) in [6, 6.07) is 6.33. The summed E-state index contributed by atoms with van der Waals surface area (Å²) in [4.78, 5) is 1.05. The first kappa shape index (κ1) is 8.14. The lowest BCUT2D eigenvalue weighted by Crippen LogP contribution is -1.74. The van der Waals surface area contributed by atoms with Gasteiger partial charge in [-0.3, -0.25) is 0 Å². The third-order valence-corrected chi connectivity index (χ3v) is 3.31. The molecule has 0 fully saturated rings. The van der Waals surface area contributed by atoms with Gasteiger partial charge >= 0.3 is 0 Å². The van der Waals surface area contributed by atoms with Crippen LogP contribution >= 0.6 is 24.0 Å². The molecule has 2 heteroatoms. The van der Waals surface area contributed by atoms with Crippen LogP contribution in [0.1, 0.15) is 12.5 Å². The van der Waals surface area contributed by atoms with Gasteiger partial charge in [0.05, 0.1) is 0 Å². The summed E-state index contributed by atoms with van der Waals surface area (Å²) in [7, 11) is 0. The third-order valence-electron chi connectivity index (χ3n) is 2.02. The topological polar surface area (TPSA) is 0 Å². The molecule has 0 nitrogen and oxygen atoms in total. The SMILES string of the molecule is CCc1csc2ccc(S)cc12. The maximum absolute atomic E-state index is 4.33. The summed E-state index contributed by atoms with van der Waals surface area (Å²) >= 11 is 6.14. The van der Waals surface area contributed by atoms with Crippen molar-refractivity contribution in [3.8, 4) is 0 Å². The molecule has 0 radical (unpaired) electrons. The standard InChI is InChI=1S/C10H10S2/c1-2-7-6-12-10-4-3-8(11)5-9(7)10/h3-6,11H,2H2,1H3. The Balaban J connectivity index is 2.75. The Morgan fingerprint density at radius 2 is 2.25 bits per heavy atom. The Bertz CT molecular complexity index is 401. The van der Waals surface area contributed by atoms with Crippen molar-refractivity contribution in [1.29, 1.82) is 0 Å². The van der Waals surface area contributed by atoms with Crippen LogP contribution in [0.2, 0.25) is 0 Å². The van der Waals surface area contributed by atoms with E-state index in [0.29, 0.717) is 0 Å². The average molecular weight is 194 g/mol. The molecule has 0 saturated heterocycles. The summed E-state index contributed by atoms with van der Waals surface area (Å²) < 4.78 is 1.37. The largest absolute Gasteiger partial charge is 0.144 e. The highest BCUT2D eigenvalue weighted by Crippen LogP contribution is 2.28. The number of thiophene rings is 1. The lowest BCUT2D eigenvalue weighted by molar-refractivity contribution is 1.17. The van der Waals surface area contributed by atoms with E-state index in [1.54, 1.807) is 0 Å². The van der Waals surface area contributed by atoms with Gasteiger partial charge in [-0.05, 0) is 40.9 Å². The molecule has 2 aromatic rings. The molecular formula is C10H10S2. The molecule has 2 rings (SSSR count). The molecule has 0 atom stereocenters. The van der Waals surface area contributed by atoms with Crippen LogP contribution in [0.5, 0.6) is 0 Å². The highest BCUT2D eigenvalue weighted by molar-refractivity contribution is 7.80. The van der Waals surface area contributed by atoms with Crippen LogP contribution in [-0.4, -0.2) is 0 Å². The average Bonchev–Trinajstić information content (AvgIpc) is 2.46. The first-order valence-corrected chi connectivity index (χ1v) is 5.33. The van der Waals surface area contributed by atoms with Gasteiger partial charge in [-0.2, -0.15) is 0 Å².